The lowest BCUT2D eigenvalue weighted by Gasteiger charge is -2.04. The molecule has 2 rings (SSSR count). The number of rotatable bonds is 2. The summed E-state index contributed by atoms with van der Waals surface area (Å²) in [5, 5.41) is 0.0746. The Morgan fingerprint density at radius 2 is 2.18 bits per heavy atom. The Balaban J connectivity index is 2.57. The summed E-state index contributed by atoms with van der Waals surface area (Å²) in [4.78, 5) is 4.38. The Morgan fingerprint density at radius 1 is 1.47 bits per heavy atom. The highest BCUT2D eigenvalue weighted by Gasteiger charge is 2.13. The zero-order chi connectivity index (χ0) is 12.6. The fraction of sp³-hybridized carbons (Fsp3) is 0.250. The molecule has 0 fully saturated rings. The van der Waals surface area contributed by atoms with Gasteiger partial charge in [0.1, 0.15) is 23.2 Å². The predicted octanol–water partition coefficient (Wildman–Crippen LogP) is 3.25. The van der Waals surface area contributed by atoms with Gasteiger partial charge in [0.25, 0.3) is 0 Å². The van der Waals surface area contributed by atoms with Crippen molar-refractivity contribution in [2.75, 3.05) is 5.73 Å². The van der Waals surface area contributed by atoms with Crippen LogP contribution in [0.4, 0.5) is 10.2 Å². The van der Waals surface area contributed by atoms with Crippen LogP contribution in [0.5, 0.6) is 0 Å². The summed E-state index contributed by atoms with van der Waals surface area (Å²) in [5.74, 6) is 0.966. The molecule has 1 aromatic heterocycles. The number of halogens is 2. The molecule has 0 radical (unpaired) electrons. The minimum absolute atomic E-state index is 0.0746. The summed E-state index contributed by atoms with van der Waals surface area (Å²) in [5.41, 5.74) is 7.37. The van der Waals surface area contributed by atoms with E-state index in [9.17, 15) is 4.39 Å². The van der Waals surface area contributed by atoms with E-state index in [1.807, 2.05) is 18.4 Å². The first kappa shape index (κ1) is 11.9. The van der Waals surface area contributed by atoms with Gasteiger partial charge in [-0.05, 0) is 32.0 Å². The third-order valence-corrected chi connectivity index (χ3v) is 3.00. The van der Waals surface area contributed by atoms with E-state index >= 15 is 0 Å². The van der Waals surface area contributed by atoms with Gasteiger partial charge in [-0.15, -0.1) is 0 Å². The number of hydrogen-bond donors (Lipinski definition) is 1. The molecule has 90 valence electrons. The number of nitrogens with two attached hydrogens (primary N) is 1. The van der Waals surface area contributed by atoms with E-state index in [1.165, 1.54) is 12.1 Å². The lowest BCUT2D eigenvalue weighted by atomic mass is 10.1. The molecule has 3 nitrogen and oxygen atoms in total. The molecule has 0 unspecified atom stereocenters. The molecule has 0 amide bonds. The van der Waals surface area contributed by atoms with Crippen LogP contribution < -0.4 is 5.73 Å². The van der Waals surface area contributed by atoms with Gasteiger partial charge in [-0.3, -0.25) is 0 Å². The molecule has 17 heavy (non-hydrogen) atoms. The van der Waals surface area contributed by atoms with Crippen LogP contribution in [0.1, 0.15) is 12.7 Å². The van der Waals surface area contributed by atoms with Crippen LogP contribution in [-0.4, -0.2) is 9.55 Å². The molecule has 0 spiro atoms. The number of hydrogen-bond acceptors (Lipinski definition) is 2. The molecule has 2 N–H and O–H groups in total. The molecule has 5 heteroatoms. The SMILES string of the molecule is CCn1c(C)nc(-c2ccc(F)c(Cl)c2)c1N. The first-order valence-corrected chi connectivity index (χ1v) is 5.70. The van der Waals surface area contributed by atoms with Crippen molar-refractivity contribution in [3.8, 4) is 11.3 Å². The maximum absolute atomic E-state index is 13.1. The van der Waals surface area contributed by atoms with Crippen molar-refractivity contribution in [2.45, 2.75) is 20.4 Å². The third kappa shape index (κ3) is 2.00. The monoisotopic (exact) mass is 253 g/mol. The van der Waals surface area contributed by atoms with Crippen LogP contribution in [0.2, 0.25) is 5.02 Å². The normalized spacial score (nSPS) is 10.8. The molecule has 0 bridgehead atoms. The topological polar surface area (TPSA) is 43.8 Å². The van der Waals surface area contributed by atoms with E-state index in [0.29, 0.717) is 11.5 Å². The van der Waals surface area contributed by atoms with Crippen molar-refractivity contribution in [3.63, 3.8) is 0 Å². The summed E-state index contributed by atoms with van der Waals surface area (Å²) in [6.07, 6.45) is 0. The number of anilines is 1. The first-order valence-electron chi connectivity index (χ1n) is 5.32. The highest BCUT2D eigenvalue weighted by Crippen LogP contribution is 2.29. The van der Waals surface area contributed by atoms with Gasteiger partial charge in [0, 0.05) is 12.1 Å². The van der Waals surface area contributed by atoms with Crippen LogP contribution in [0, 0.1) is 12.7 Å². The van der Waals surface area contributed by atoms with Crippen molar-refractivity contribution < 1.29 is 4.39 Å². The van der Waals surface area contributed by atoms with Crippen molar-refractivity contribution in [3.05, 3.63) is 34.9 Å². The van der Waals surface area contributed by atoms with Gasteiger partial charge in [0.15, 0.2) is 0 Å². The highest BCUT2D eigenvalue weighted by atomic mass is 35.5. The molecule has 2 aromatic rings. The zero-order valence-corrected chi connectivity index (χ0v) is 10.4. The molecule has 0 saturated carbocycles. The van der Waals surface area contributed by atoms with Crippen molar-refractivity contribution in [2.24, 2.45) is 0 Å². The smallest absolute Gasteiger partial charge is 0.141 e. The molecule has 0 atom stereocenters. The van der Waals surface area contributed by atoms with Gasteiger partial charge in [-0.1, -0.05) is 11.6 Å². The van der Waals surface area contributed by atoms with Crippen LogP contribution >= 0.6 is 11.6 Å². The largest absolute Gasteiger partial charge is 0.383 e. The van der Waals surface area contributed by atoms with Gasteiger partial charge in [0.05, 0.1) is 5.02 Å². The van der Waals surface area contributed by atoms with Crippen LogP contribution in [0.25, 0.3) is 11.3 Å². The van der Waals surface area contributed by atoms with Crippen molar-refractivity contribution in [1.82, 2.24) is 9.55 Å². The summed E-state index contributed by atoms with van der Waals surface area (Å²) in [7, 11) is 0. The van der Waals surface area contributed by atoms with E-state index in [2.05, 4.69) is 4.98 Å². The van der Waals surface area contributed by atoms with Crippen LogP contribution in [0.15, 0.2) is 18.2 Å². The summed E-state index contributed by atoms with van der Waals surface area (Å²) in [6, 6.07) is 4.48. The van der Waals surface area contributed by atoms with Gasteiger partial charge < -0.3 is 10.3 Å². The second kappa shape index (κ2) is 4.37. The van der Waals surface area contributed by atoms with Gasteiger partial charge in [-0.25, -0.2) is 9.37 Å². The minimum atomic E-state index is -0.444. The Morgan fingerprint density at radius 3 is 2.71 bits per heavy atom. The summed E-state index contributed by atoms with van der Waals surface area (Å²) >= 11 is 5.75. The first-order chi connectivity index (χ1) is 8.04. The second-order valence-corrected chi connectivity index (χ2v) is 4.17. The van der Waals surface area contributed by atoms with E-state index in [1.54, 1.807) is 6.07 Å². The summed E-state index contributed by atoms with van der Waals surface area (Å²) < 4.78 is 15.0. The maximum Gasteiger partial charge on any atom is 0.141 e. The molecule has 1 aromatic carbocycles. The van der Waals surface area contributed by atoms with E-state index in [-0.39, 0.29) is 5.02 Å². The lowest BCUT2D eigenvalue weighted by Crippen LogP contribution is -2.02. The fourth-order valence-electron chi connectivity index (χ4n) is 1.84. The Bertz CT molecular complexity index is 563. The number of aromatic nitrogens is 2. The highest BCUT2D eigenvalue weighted by molar-refractivity contribution is 6.31. The van der Waals surface area contributed by atoms with E-state index in [0.717, 1.165) is 17.9 Å². The molecular weight excluding hydrogens is 241 g/mol. The van der Waals surface area contributed by atoms with Crippen molar-refractivity contribution >= 4 is 17.4 Å². The number of nitrogen functional groups attached to an aromatic ring is 1. The van der Waals surface area contributed by atoms with Gasteiger partial charge in [-0.2, -0.15) is 0 Å². The lowest BCUT2D eigenvalue weighted by molar-refractivity contribution is 0.628. The number of aryl methyl sites for hydroxylation is 1. The molecule has 0 aliphatic rings. The Labute approximate surface area is 104 Å². The molecule has 0 aliphatic heterocycles. The quantitative estimate of drug-likeness (QED) is 0.893. The predicted molar refractivity (Wildman–Crippen MR) is 67.5 cm³/mol. The minimum Gasteiger partial charge on any atom is -0.383 e. The Kier molecular flexibility index (Phi) is 3.07. The average Bonchev–Trinajstić information content (AvgIpc) is 2.58. The van der Waals surface area contributed by atoms with E-state index in [4.69, 9.17) is 17.3 Å². The van der Waals surface area contributed by atoms with Crippen LogP contribution in [-0.2, 0) is 6.54 Å². The molecular formula is C12H13ClFN3. The second-order valence-electron chi connectivity index (χ2n) is 3.77. The summed E-state index contributed by atoms with van der Waals surface area (Å²) in [6.45, 7) is 4.63. The Hall–Kier alpha value is -1.55. The molecule has 0 saturated heterocycles. The van der Waals surface area contributed by atoms with Crippen molar-refractivity contribution in [1.29, 1.82) is 0 Å². The third-order valence-electron chi connectivity index (χ3n) is 2.71. The van der Waals surface area contributed by atoms with Gasteiger partial charge >= 0.3 is 0 Å². The zero-order valence-electron chi connectivity index (χ0n) is 9.67. The maximum atomic E-state index is 13.1. The average molecular weight is 254 g/mol. The van der Waals surface area contributed by atoms with E-state index < -0.39 is 5.82 Å². The standard InChI is InChI=1S/C12H13ClFN3/c1-3-17-7(2)16-11(12(17)15)8-4-5-10(14)9(13)6-8/h4-6H,3,15H2,1-2H3. The van der Waals surface area contributed by atoms with Gasteiger partial charge in [0.2, 0.25) is 0 Å². The number of benzene rings is 1. The fourth-order valence-corrected chi connectivity index (χ4v) is 2.02. The number of imidazole rings is 1. The number of nitrogens with zero attached hydrogens (tertiary/aromatic N) is 2. The molecule has 0 aliphatic carbocycles. The van der Waals surface area contributed by atoms with Crippen LogP contribution in [0.3, 0.4) is 0 Å². The molecule has 1 heterocycles.